The van der Waals surface area contributed by atoms with Crippen LogP contribution >= 0.6 is 0 Å². The molecule has 0 amide bonds. The normalized spacial score (nSPS) is 11.6. The van der Waals surface area contributed by atoms with Crippen molar-refractivity contribution in [2.75, 3.05) is 5.43 Å². The Hall–Kier alpha value is -2.61. The van der Waals surface area contributed by atoms with Crippen molar-refractivity contribution < 1.29 is 0 Å². The predicted molar refractivity (Wildman–Crippen MR) is 86.2 cm³/mol. The van der Waals surface area contributed by atoms with Gasteiger partial charge in [-0.25, -0.2) is 0 Å². The average Bonchev–Trinajstić information content (AvgIpc) is 2.53. The number of hydrogen-bond donors (Lipinski definition) is 1. The van der Waals surface area contributed by atoms with Crippen LogP contribution in [0.3, 0.4) is 0 Å². The van der Waals surface area contributed by atoms with E-state index < -0.39 is 0 Å². The van der Waals surface area contributed by atoms with E-state index in [0.29, 0.717) is 0 Å². The summed E-state index contributed by atoms with van der Waals surface area (Å²) in [4.78, 5) is 0. The Labute approximate surface area is 118 Å². The van der Waals surface area contributed by atoms with Crippen molar-refractivity contribution in [1.29, 1.82) is 0 Å². The summed E-state index contributed by atoms with van der Waals surface area (Å²) in [6, 6.07) is 24.7. The second kappa shape index (κ2) is 5.57. The highest BCUT2D eigenvalue weighted by atomic mass is 15.3. The zero-order chi connectivity index (χ0) is 13.8. The highest BCUT2D eigenvalue weighted by molar-refractivity contribution is 5.99. The Morgan fingerprint density at radius 3 is 2.30 bits per heavy atom. The molecule has 0 fully saturated rings. The predicted octanol–water partition coefficient (Wildman–Crippen LogP) is 4.68. The van der Waals surface area contributed by atoms with Gasteiger partial charge in [0.2, 0.25) is 0 Å². The SMILES string of the molecule is C/C(=N/Nc1ccc2ccccc2c1)c1ccccc1. The van der Waals surface area contributed by atoms with Crippen LogP contribution in [0.2, 0.25) is 0 Å². The number of hydrogen-bond acceptors (Lipinski definition) is 2. The monoisotopic (exact) mass is 260 g/mol. The second-order valence-electron chi connectivity index (χ2n) is 4.74. The molecule has 2 heteroatoms. The summed E-state index contributed by atoms with van der Waals surface area (Å²) in [5.74, 6) is 0. The summed E-state index contributed by atoms with van der Waals surface area (Å²) in [6.07, 6.45) is 0. The van der Waals surface area contributed by atoms with E-state index in [2.05, 4.69) is 46.9 Å². The lowest BCUT2D eigenvalue weighted by atomic mass is 10.1. The van der Waals surface area contributed by atoms with Gasteiger partial charge in [-0.15, -0.1) is 0 Å². The van der Waals surface area contributed by atoms with Crippen molar-refractivity contribution in [3.05, 3.63) is 78.4 Å². The van der Waals surface area contributed by atoms with Crippen LogP contribution in [-0.4, -0.2) is 5.71 Å². The van der Waals surface area contributed by atoms with Gasteiger partial charge in [-0.1, -0.05) is 60.7 Å². The third-order valence-electron chi connectivity index (χ3n) is 3.29. The minimum atomic E-state index is 0.971. The van der Waals surface area contributed by atoms with Gasteiger partial charge in [-0.05, 0) is 35.4 Å². The minimum absolute atomic E-state index is 0.971. The summed E-state index contributed by atoms with van der Waals surface area (Å²) >= 11 is 0. The summed E-state index contributed by atoms with van der Waals surface area (Å²) in [5, 5.41) is 6.89. The maximum Gasteiger partial charge on any atom is 0.0648 e. The lowest BCUT2D eigenvalue weighted by molar-refractivity contribution is 1.32. The molecule has 0 unspecified atom stereocenters. The van der Waals surface area contributed by atoms with Crippen molar-refractivity contribution in [3.8, 4) is 0 Å². The lowest BCUT2D eigenvalue weighted by Gasteiger charge is -2.05. The molecule has 0 atom stereocenters. The highest BCUT2D eigenvalue weighted by Gasteiger charge is 1.97. The first kappa shape index (κ1) is 12.4. The van der Waals surface area contributed by atoms with Crippen LogP contribution in [-0.2, 0) is 0 Å². The largest absolute Gasteiger partial charge is 0.278 e. The fraction of sp³-hybridized carbons (Fsp3) is 0.0556. The van der Waals surface area contributed by atoms with Crippen LogP contribution in [0.1, 0.15) is 12.5 Å². The van der Waals surface area contributed by atoms with Crippen LogP contribution in [0.25, 0.3) is 10.8 Å². The number of fused-ring (bicyclic) bond motifs is 1. The average molecular weight is 260 g/mol. The number of hydrazone groups is 1. The van der Waals surface area contributed by atoms with Gasteiger partial charge in [0, 0.05) is 0 Å². The van der Waals surface area contributed by atoms with Crippen molar-refractivity contribution in [3.63, 3.8) is 0 Å². The first-order valence-corrected chi connectivity index (χ1v) is 6.67. The lowest BCUT2D eigenvalue weighted by Crippen LogP contribution is -1.99. The van der Waals surface area contributed by atoms with E-state index in [9.17, 15) is 0 Å². The number of benzene rings is 3. The molecule has 0 bridgehead atoms. The van der Waals surface area contributed by atoms with E-state index in [0.717, 1.165) is 17.0 Å². The maximum absolute atomic E-state index is 4.44. The molecule has 0 radical (unpaired) electrons. The maximum atomic E-state index is 4.44. The number of rotatable bonds is 3. The Balaban J connectivity index is 1.83. The Kier molecular flexibility index (Phi) is 3.46. The molecule has 0 spiro atoms. The summed E-state index contributed by atoms with van der Waals surface area (Å²) in [5.41, 5.74) is 6.22. The van der Waals surface area contributed by atoms with Crippen molar-refractivity contribution >= 4 is 22.2 Å². The molecule has 0 aliphatic carbocycles. The van der Waals surface area contributed by atoms with Crippen LogP contribution in [0.15, 0.2) is 77.9 Å². The van der Waals surface area contributed by atoms with Crippen LogP contribution < -0.4 is 5.43 Å². The Morgan fingerprint density at radius 1 is 0.800 bits per heavy atom. The van der Waals surface area contributed by atoms with Gasteiger partial charge < -0.3 is 0 Å². The molecule has 0 saturated carbocycles. The summed E-state index contributed by atoms with van der Waals surface area (Å²) in [7, 11) is 0. The van der Waals surface area contributed by atoms with E-state index in [4.69, 9.17) is 0 Å². The third-order valence-corrected chi connectivity index (χ3v) is 3.29. The summed E-state index contributed by atoms with van der Waals surface area (Å²) in [6.45, 7) is 2.00. The molecule has 3 aromatic carbocycles. The number of nitrogens with one attached hydrogen (secondary N) is 1. The van der Waals surface area contributed by atoms with Gasteiger partial charge in [-0.3, -0.25) is 5.43 Å². The quantitative estimate of drug-likeness (QED) is 0.537. The van der Waals surface area contributed by atoms with Crippen LogP contribution in [0, 0.1) is 0 Å². The van der Waals surface area contributed by atoms with Gasteiger partial charge >= 0.3 is 0 Å². The van der Waals surface area contributed by atoms with E-state index in [1.807, 2.05) is 43.3 Å². The van der Waals surface area contributed by atoms with Crippen molar-refractivity contribution in [2.24, 2.45) is 5.10 Å². The van der Waals surface area contributed by atoms with E-state index >= 15 is 0 Å². The highest BCUT2D eigenvalue weighted by Crippen LogP contribution is 2.18. The molecule has 0 aliphatic rings. The Morgan fingerprint density at radius 2 is 1.50 bits per heavy atom. The van der Waals surface area contributed by atoms with E-state index in [1.165, 1.54) is 10.8 Å². The first-order valence-electron chi connectivity index (χ1n) is 6.67. The van der Waals surface area contributed by atoms with Gasteiger partial charge in [0.25, 0.3) is 0 Å². The van der Waals surface area contributed by atoms with Gasteiger partial charge in [0.1, 0.15) is 0 Å². The smallest absolute Gasteiger partial charge is 0.0648 e. The first-order chi connectivity index (χ1) is 9.83. The Bertz CT molecular complexity index is 745. The molecule has 0 aromatic heterocycles. The number of anilines is 1. The van der Waals surface area contributed by atoms with Crippen LogP contribution in [0.5, 0.6) is 0 Å². The van der Waals surface area contributed by atoms with Crippen molar-refractivity contribution in [1.82, 2.24) is 0 Å². The molecule has 20 heavy (non-hydrogen) atoms. The molecule has 1 N–H and O–H groups in total. The standard InChI is InChI=1S/C18H16N2/c1-14(15-7-3-2-4-8-15)19-20-18-12-11-16-9-5-6-10-17(16)13-18/h2-13,20H,1H3/b19-14-. The molecule has 0 saturated heterocycles. The topological polar surface area (TPSA) is 24.4 Å². The molecular formula is C18H16N2. The zero-order valence-corrected chi connectivity index (χ0v) is 11.4. The van der Waals surface area contributed by atoms with Crippen LogP contribution in [0.4, 0.5) is 5.69 Å². The van der Waals surface area contributed by atoms with Gasteiger partial charge in [0.15, 0.2) is 0 Å². The number of nitrogens with zero attached hydrogens (tertiary/aromatic N) is 1. The molecular weight excluding hydrogens is 244 g/mol. The minimum Gasteiger partial charge on any atom is -0.278 e. The third kappa shape index (κ3) is 2.69. The molecule has 0 aliphatic heterocycles. The molecule has 98 valence electrons. The summed E-state index contributed by atoms with van der Waals surface area (Å²) < 4.78 is 0. The molecule has 0 heterocycles. The molecule has 2 nitrogen and oxygen atoms in total. The van der Waals surface area contributed by atoms with Gasteiger partial charge in [0.05, 0.1) is 11.4 Å². The van der Waals surface area contributed by atoms with Crippen molar-refractivity contribution in [2.45, 2.75) is 6.92 Å². The molecule has 3 aromatic rings. The van der Waals surface area contributed by atoms with Gasteiger partial charge in [-0.2, -0.15) is 5.10 Å². The van der Waals surface area contributed by atoms with E-state index in [-0.39, 0.29) is 0 Å². The van der Waals surface area contributed by atoms with E-state index in [1.54, 1.807) is 0 Å². The fourth-order valence-electron chi connectivity index (χ4n) is 2.15. The molecule has 3 rings (SSSR count). The second-order valence-corrected chi connectivity index (χ2v) is 4.74. The zero-order valence-electron chi connectivity index (χ0n) is 11.4. The fourth-order valence-corrected chi connectivity index (χ4v) is 2.15.